The van der Waals surface area contributed by atoms with E-state index in [1.807, 2.05) is 0 Å². The molecule has 2 heterocycles. The summed E-state index contributed by atoms with van der Waals surface area (Å²) in [7, 11) is 0. The van der Waals surface area contributed by atoms with E-state index in [1.54, 1.807) is 6.92 Å². The third kappa shape index (κ3) is 1.48. The van der Waals surface area contributed by atoms with E-state index in [1.165, 1.54) is 4.90 Å². The summed E-state index contributed by atoms with van der Waals surface area (Å²) in [6, 6.07) is -0.143. The van der Waals surface area contributed by atoms with E-state index < -0.39 is 6.09 Å². The van der Waals surface area contributed by atoms with Crippen molar-refractivity contribution >= 4 is 12.0 Å². The maximum Gasteiger partial charge on any atom is 0.416 e. The Labute approximate surface area is 82.0 Å². The van der Waals surface area contributed by atoms with Crippen molar-refractivity contribution in [1.82, 2.24) is 4.90 Å². The van der Waals surface area contributed by atoms with Crippen molar-refractivity contribution < 1.29 is 19.1 Å². The Kier molecular flexibility index (Phi) is 2.41. The average Bonchev–Trinajstić information content (AvgIpc) is 2.75. The van der Waals surface area contributed by atoms with Crippen LogP contribution in [-0.2, 0) is 14.3 Å². The van der Waals surface area contributed by atoms with Crippen LogP contribution in [0, 0.1) is 5.92 Å². The zero-order valence-corrected chi connectivity index (χ0v) is 8.06. The molecule has 0 aromatic carbocycles. The first-order chi connectivity index (χ1) is 6.70. The van der Waals surface area contributed by atoms with Gasteiger partial charge < -0.3 is 9.47 Å². The molecule has 5 heteroatoms. The van der Waals surface area contributed by atoms with Crippen LogP contribution in [0.25, 0.3) is 0 Å². The van der Waals surface area contributed by atoms with Crippen LogP contribution in [0.5, 0.6) is 0 Å². The largest absolute Gasteiger partial charge is 0.447 e. The van der Waals surface area contributed by atoms with Crippen LogP contribution in [0.3, 0.4) is 0 Å². The minimum Gasteiger partial charge on any atom is -0.447 e. The van der Waals surface area contributed by atoms with Crippen LogP contribution >= 0.6 is 0 Å². The van der Waals surface area contributed by atoms with E-state index in [-0.39, 0.29) is 17.9 Å². The molecule has 0 aromatic heterocycles. The van der Waals surface area contributed by atoms with E-state index in [0.717, 1.165) is 0 Å². The molecule has 0 saturated carbocycles. The topological polar surface area (TPSA) is 55.8 Å². The van der Waals surface area contributed by atoms with Gasteiger partial charge in [-0.25, -0.2) is 9.69 Å². The van der Waals surface area contributed by atoms with E-state index in [4.69, 9.17) is 9.47 Å². The fraction of sp³-hybridized carbons (Fsp3) is 0.778. The van der Waals surface area contributed by atoms with Gasteiger partial charge in [-0.3, -0.25) is 4.79 Å². The molecule has 2 saturated heterocycles. The lowest BCUT2D eigenvalue weighted by Crippen LogP contribution is -2.41. The van der Waals surface area contributed by atoms with Gasteiger partial charge >= 0.3 is 6.09 Å². The summed E-state index contributed by atoms with van der Waals surface area (Å²) in [6.07, 6.45) is 0.185. The molecule has 2 aliphatic heterocycles. The molecule has 2 fully saturated rings. The first-order valence-electron chi connectivity index (χ1n) is 4.77. The van der Waals surface area contributed by atoms with Gasteiger partial charge in [0, 0.05) is 6.61 Å². The molecule has 0 spiro atoms. The van der Waals surface area contributed by atoms with E-state index in [9.17, 15) is 9.59 Å². The summed E-state index contributed by atoms with van der Waals surface area (Å²) in [5.41, 5.74) is 0. The lowest BCUT2D eigenvalue weighted by Gasteiger charge is -2.18. The van der Waals surface area contributed by atoms with Gasteiger partial charge in [0.05, 0.1) is 18.6 Å². The Morgan fingerprint density at radius 3 is 2.79 bits per heavy atom. The lowest BCUT2D eigenvalue weighted by molar-refractivity contribution is -0.133. The number of rotatable bonds is 1. The molecule has 2 aliphatic rings. The Balaban J connectivity index is 2.05. The highest BCUT2D eigenvalue weighted by molar-refractivity contribution is 5.94. The number of hydrogen-bond acceptors (Lipinski definition) is 4. The van der Waals surface area contributed by atoms with Crippen LogP contribution < -0.4 is 0 Å². The van der Waals surface area contributed by atoms with Crippen molar-refractivity contribution in [2.24, 2.45) is 5.92 Å². The van der Waals surface area contributed by atoms with Gasteiger partial charge in [-0.05, 0) is 13.3 Å². The average molecular weight is 199 g/mol. The van der Waals surface area contributed by atoms with Crippen LogP contribution in [0.4, 0.5) is 4.79 Å². The van der Waals surface area contributed by atoms with Gasteiger partial charge in [-0.2, -0.15) is 0 Å². The summed E-state index contributed by atoms with van der Waals surface area (Å²) < 4.78 is 9.89. The zero-order chi connectivity index (χ0) is 10.1. The maximum atomic E-state index is 11.8. The van der Waals surface area contributed by atoms with Crippen LogP contribution in [0.2, 0.25) is 0 Å². The highest BCUT2D eigenvalue weighted by atomic mass is 16.6. The highest BCUT2D eigenvalue weighted by Crippen LogP contribution is 2.20. The number of imide groups is 1. The predicted molar refractivity (Wildman–Crippen MR) is 46.6 cm³/mol. The third-order valence-electron chi connectivity index (χ3n) is 2.60. The second-order valence-corrected chi connectivity index (χ2v) is 3.69. The molecule has 2 atom stereocenters. The molecule has 5 nitrogen and oxygen atoms in total. The normalized spacial score (nSPS) is 32.1. The number of hydrogen-bond donors (Lipinski definition) is 0. The maximum absolute atomic E-state index is 11.8. The Morgan fingerprint density at radius 2 is 2.29 bits per heavy atom. The quantitative estimate of drug-likeness (QED) is 0.613. The number of carbonyl (C=O) groups excluding carboxylic acids is 2. The Bertz CT molecular complexity index is 260. The molecule has 2 amide bonds. The van der Waals surface area contributed by atoms with Gasteiger partial charge in [-0.15, -0.1) is 0 Å². The van der Waals surface area contributed by atoms with Gasteiger partial charge in [0.25, 0.3) is 0 Å². The number of nitrogens with zero attached hydrogens (tertiary/aromatic N) is 1. The summed E-state index contributed by atoms with van der Waals surface area (Å²) in [4.78, 5) is 24.2. The molecule has 0 bridgehead atoms. The fourth-order valence-corrected chi connectivity index (χ4v) is 1.75. The van der Waals surface area contributed by atoms with Crippen molar-refractivity contribution in [3.05, 3.63) is 0 Å². The van der Waals surface area contributed by atoms with Crippen LogP contribution in [-0.4, -0.2) is 42.8 Å². The molecule has 0 N–H and O–H groups in total. The van der Waals surface area contributed by atoms with Crippen molar-refractivity contribution in [2.75, 3.05) is 19.8 Å². The van der Waals surface area contributed by atoms with Gasteiger partial charge in [-0.1, -0.05) is 0 Å². The zero-order valence-electron chi connectivity index (χ0n) is 8.06. The van der Waals surface area contributed by atoms with E-state index in [0.29, 0.717) is 26.2 Å². The second-order valence-electron chi connectivity index (χ2n) is 3.69. The smallest absolute Gasteiger partial charge is 0.416 e. The number of amides is 2. The SMILES string of the molecule is CC1COC(=O)N1C(=O)C1CCOC1. The number of ether oxygens (including phenoxy) is 2. The van der Waals surface area contributed by atoms with Gasteiger partial charge in [0.1, 0.15) is 6.61 Å². The predicted octanol–water partition coefficient (Wildman–Crippen LogP) is 0.390. The molecular formula is C9H13NO4. The standard InChI is InChI=1S/C9H13NO4/c1-6-4-14-9(12)10(6)8(11)7-2-3-13-5-7/h6-7H,2-5H2,1H3. The van der Waals surface area contributed by atoms with Crippen molar-refractivity contribution in [3.63, 3.8) is 0 Å². The van der Waals surface area contributed by atoms with Crippen LogP contribution in [0.1, 0.15) is 13.3 Å². The first kappa shape index (κ1) is 9.45. The minimum atomic E-state index is -0.519. The summed E-state index contributed by atoms with van der Waals surface area (Å²) in [6.45, 7) is 3.14. The molecule has 14 heavy (non-hydrogen) atoms. The minimum absolute atomic E-state index is 0.143. The lowest BCUT2D eigenvalue weighted by atomic mass is 10.1. The summed E-state index contributed by atoms with van der Waals surface area (Å²) >= 11 is 0. The van der Waals surface area contributed by atoms with Crippen LogP contribution in [0.15, 0.2) is 0 Å². The molecule has 78 valence electrons. The van der Waals surface area contributed by atoms with E-state index >= 15 is 0 Å². The molecule has 0 aromatic rings. The Hall–Kier alpha value is -1.10. The summed E-state index contributed by atoms with van der Waals surface area (Å²) in [5, 5.41) is 0. The molecule has 2 rings (SSSR count). The Morgan fingerprint density at radius 1 is 1.50 bits per heavy atom. The molecular weight excluding hydrogens is 186 g/mol. The number of carbonyl (C=O) groups is 2. The molecule has 0 radical (unpaired) electrons. The molecule has 0 aliphatic carbocycles. The molecule has 2 unspecified atom stereocenters. The fourth-order valence-electron chi connectivity index (χ4n) is 1.75. The highest BCUT2D eigenvalue weighted by Gasteiger charge is 2.39. The van der Waals surface area contributed by atoms with Crippen molar-refractivity contribution in [2.45, 2.75) is 19.4 Å². The third-order valence-corrected chi connectivity index (χ3v) is 2.60. The summed E-state index contributed by atoms with van der Waals surface area (Å²) in [5.74, 6) is -0.319. The second kappa shape index (κ2) is 3.57. The van der Waals surface area contributed by atoms with Gasteiger partial charge in [0.2, 0.25) is 5.91 Å². The van der Waals surface area contributed by atoms with E-state index in [2.05, 4.69) is 0 Å². The van der Waals surface area contributed by atoms with Crippen molar-refractivity contribution in [1.29, 1.82) is 0 Å². The van der Waals surface area contributed by atoms with Gasteiger partial charge in [0.15, 0.2) is 0 Å². The van der Waals surface area contributed by atoms with Crippen molar-refractivity contribution in [3.8, 4) is 0 Å². The first-order valence-corrected chi connectivity index (χ1v) is 4.77. The number of cyclic esters (lactones) is 1. The monoisotopic (exact) mass is 199 g/mol.